The number of carbonyl (C=O) groups is 2. The Hall–Kier alpha value is -1.91. The minimum absolute atomic E-state index is 0.0825. The van der Waals surface area contributed by atoms with Gasteiger partial charge in [0.1, 0.15) is 6.54 Å². The maximum Gasteiger partial charge on any atom is 0.323 e. The second-order valence-corrected chi connectivity index (χ2v) is 4.31. The van der Waals surface area contributed by atoms with E-state index >= 15 is 0 Å². The molecule has 0 radical (unpaired) electrons. The largest absolute Gasteiger partial charge is 0.480 e. The molecule has 1 aromatic heterocycles. The molecule has 1 N–H and O–H groups in total. The highest BCUT2D eigenvalue weighted by Gasteiger charge is 2.34. The lowest BCUT2D eigenvalue weighted by atomic mass is 10.2. The van der Waals surface area contributed by atoms with E-state index in [9.17, 15) is 9.59 Å². The van der Waals surface area contributed by atoms with Crippen LogP contribution in [0.1, 0.15) is 28.8 Å². The number of amides is 1. The van der Waals surface area contributed by atoms with Crippen LogP contribution >= 0.6 is 0 Å². The molecule has 0 aliphatic heterocycles. The Bertz CT molecular complexity index is 455. The average Bonchev–Trinajstić information content (AvgIpc) is 3.08. The summed E-state index contributed by atoms with van der Waals surface area (Å²) < 4.78 is 0. The first kappa shape index (κ1) is 11.6. The van der Waals surface area contributed by atoms with Gasteiger partial charge in [-0.1, -0.05) is 0 Å². The molecule has 17 heavy (non-hydrogen) atoms. The Morgan fingerprint density at radius 1 is 1.47 bits per heavy atom. The quantitative estimate of drug-likeness (QED) is 0.846. The van der Waals surface area contributed by atoms with Crippen LogP contribution in [0.4, 0.5) is 0 Å². The van der Waals surface area contributed by atoms with E-state index in [1.807, 2.05) is 6.92 Å². The van der Waals surface area contributed by atoms with Gasteiger partial charge in [0.05, 0.1) is 5.56 Å². The molecule has 2 rings (SSSR count). The van der Waals surface area contributed by atoms with E-state index < -0.39 is 5.97 Å². The van der Waals surface area contributed by atoms with Gasteiger partial charge in [-0.2, -0.15) is 0 Å². The van der Waals surface area contributed by atoms with Crippen molar-refractivity contribution >= 4 is 11.9 Å². The number of aryl methyl sites for hydroxylation is 1. The zero-order chi connectivity index (χ0) is 12.4. The molecule has 0 bridgehead atoms. The van der Waals surface area contributed by atoms with Crippen molar-refractivity contribution in [3.05, 3.63) is 29.6 Å². The van der Waals surface area contributed by atoms with Crippen LogP contribution in [0.15, 0.2) is 18.5 Å². The summed E-state index contributed by atoms with van der Waals surface area (Å²) in [6.45, 7) is 1.61. The molecule has 1 amide bonds. The van der Waals surface area contributed by atoms with E-state index in [0.717, 1.165) is 18.4 Å². The van der Waals surface area contributed by atoms with E-state index in [0.29, 0.717) is 5.56 Å². The number of aromatic nitrogens is 1. The highest BCUT2D eigenvalue weighted by atomic mass is 16.4. The molecule has 0 atom stereocenters. The van der Waals surface area contributed by atoms with Gasteiger partial charge in [0.2, 0.25) is 0 Å². The lowest BCUT2D eigenvalue weighted by Crippen LogP contribution is -2.37. The highest BCUT2D eigenvalue weighted by Crippen LogP contribution is 2.28. The number of hydrogen-bond acceptors (Lipinski definition) is 3. The van der Waals surface area contributed by atoms with Crippen LogP contribution < -0.4 is 0 Å². The minimum Gasteiger partial charge on any atom is -0.480 e. The Morgan fingerprint density at radius 2 is 2.18 bits per heavy atom. The van der Waals surface area contributed by atoms with Crippen LogP contribution in [0.3, 0.4) is 0 Å². The van der Waals surface area contributed by atoms with Crippen LogP contribution in [-0.2, 0) is 4.79 Å². The van der Waals surface area contributed by atoms with Gasteiger partial charge in [0, 0.05) is 18.4 Å². The molecular formula is C12H14N2O3. The minimum atomic E-state index is -0.981. The Morgan fingerprint density at radius 3 is 2.71 bits per heavy atom. The summed E-state index contributed by atoms with van der Waals surface area (Å²) in [5, 5.41) is 8.80. The first-order valence-corrected chi connectivity index (χ1v) is 5.52. The molecule has 0 spiro atoms. The number of carboxylic acids is 1. The Labute approximate surface area is 99.1 Å². The van der Waals surface area contributed by atoms with Gasteiger partial charge in [0.15, 0.2) is 0 Å². The Kier molecular flexibility index (Phi) is 3.08. The second kappa shape index (κ2) is 4.53. The van der Waals surface area contributed by atoms with Gasteiger partial charge >= 0.3 is 5.97 Å². The fourth-order valence-corrected chi connectivity index (χ4v) is 1.74. The van der Waals surface area contributed by atoms with Gasteiger partial charge in [0.25, 0.3) is 5.91 Å². The maximum absolute atomic E-state index is 12.1. The maximum atomic E-state index is 12.1. The van der Waals surface area contributed by atoms with Crippen molar-refractivity contribution in [3.8, 4) is 0 Å². The number of pyridine rings is 1. The molecule has 1 fully saturated rings. The van der Waals surface area contributed by atoms with Gasteiger partial charge in [-0.05, 0) is 31.4 Å². The molecule has 0 aromatic carbocycles. The van der Waals surface area contributed by atoms with Crippen molar-refractivity contribution in [1.29, 1.82) is 0 Å². The molecule has 1 aliphatic rings. The average molecular weight is 234 g/mol. The smallest absolute Gasteiger partial charge is 0.323 e. The van der Waals surface area contributed by atoms with E-state index in [1.54, 1.807) is 12.3 Å². The lowest BCUT2D eigenvalue weighted by Gasteiger charge is -2.20. The molecule has 1 saturated carbocycles. The number of rotatable bonds is 4. The van der Waals surface area contributed by atoms with Crippen LogP contribution in [-0.4, -0.2) is 39.5 Å². The van der Waals surface area contributed by atoms with Crippen molar-refractivity contribution in [2.24, 2.45) is 0 Å². The number of hydrogen-bond donors (Lipinski definition) is 1. The predicted octanol–water partition coefficient (Wildman–Crippen LogP) is 1.08. The van der Waals surface area contributed by atoms with Crippen molar-refractivity contribution in [1.82, 2.24) is 9.88 Å². The van der Waals surface area contributed by atoms with E-state index in [1.165, 1.54) is 11.1 Å². The SMILES string of the molecule is Cc1cncc(C(=O)N(CC(=O)O)C2CC2)c1. The molecule has 90 valence electrons. The summed E-state index contributed by atoms with van der Waals surface area (Å²) in [4.78, 5) is 28.2. The summed E-state index contributed by atoms with van der Waals surface area (Å²) >= 11 is 0. The summed E-state index contributed by atoms with van der Waals surface area (Å²) in [6, 6.07) is 1.81. The van der Waals surface area contributed by atoms with Crippen molar-refractivity contribution < 1.29 is 14.7 Å². The molecule has 1 aromatic rings. The lowest BCUT2D eigenvalue weighted by molar-refractivity contribution is -0.137. The highest BCUT2D eigenvalue weighted by molar-refractivity contribution is 5.96. The molecule has 1 heterocycles. The van der Waals surface area contributed by atoms with Gasteiger partial charge in [-0.15, -0.1) is 0 Å². The molecule has 5 nitrogen and oxygen atoms in total. The van der Waals surface area contributed by atoms with Crippen molar-refractivity contribution in [2.75, 3.05) is 6.54 Å². The van der Waals surface area contributed by atoms with E-state index in [2.05, 4.69) is 4.98 Å². The number of carboxylic acid groups (broad SMARTS) is 1. The monoisotopic (exact) mass is 234 g/mol. The fourth-order valence-electron chi connectivity index (χ4n) is 1.74. The van der Waals surface area contributed by atoms with Crippen molar-refractivity contribution in [2.45, 2.75) is 25.8 Å². The summed E-state index contributed by atoms with van der Waals surface area (Å²) in [5.74, 6) is -1.23. The predicted molar refractivity (Wildman–Crippen MR) is 60.7 cm³/mol. The van der Waals surface area contributed by atoms with Crippen LogP contribution in [0.5, 0.6) is 0 Å². The molecule has 0 unspecified atom stereocenters. The van der Waals surface area contributed by atoms with Gasteiger partial charge in [-0.3, -0.25) is 14.6 Å². The molecular weight excluding hydrogens is 220 g/mol. The third kappa shape index (κ3) is 2.81. The number of nitrogens with zero attached hydrogens (tertiary/aromatic N) is 2. The van der Waals surface area contributed by atoms with E-state index in [-0.39, 0.29) is 18.5 Å². The first-order chi connectivity index (χ1) is 8.08. The van der Waals surface area contributed by atoms with Gasteiger partial charge in [-0.25, -0.2) is 0 Å². The molecule has 1 aliphatic carbocycles. The normalized spacial score (nSPS) is 14.4. The number of aliphatic carboxylic acids is 1. The zero-order valence-electron chi connectivity index (χ0n) is 9.59. The zero-order valence-corrected chi connectivity index (χ0v) is 9.59. The third-order valence-corrected chi connectivity index (χ3v) is 2.68. The van der Waals surface area contributed by atoms with Crippen molar-refractivity contribution in [3.63, 3.8) is 0 Å². The molecule has 0 saturated heterocycles. The summed E-state index contributed by atoms with van der Waals surface area (Å²) in [7, 11) is 0. The van der Waals surface area contributed by atoms with Crippen LogP contribution in [0.2, 0.25) is 0 Å². The second-order valence-electron chi connectivity index (χ2n) is 4.31. The first-order valence-electron chi connectivity index (χ1n) is 5.52. The van der Waals surface area contributed by atoms with Crippen LogP contribution in [0.25, 0.3) is 0 Å². The molecule has 5 heteroatoms. The fraction of sp³-hybridized carbons (Fsp3) is 0.417. The summed E-state index contributed by atoms with van der Waals surface area (Å²) in [6.07, 6.45) is 4.92. The number of carbonyl (C=O) groups excluding carboxylic acids is 1. The van der Waals surface area contributed by atoms with Gasteiger partial charge < -0.3 is 10.0 Å². The summed E-state index contributed by atoms with van der Waals surface area (Å²) in [5.41, 5.74) is 1.35. The standard InChI is InChI=1S/C12H14N2O3/c1-8-4-9(6-13-5-8)12(17)14(7-11(15)16)10-2-3-10/h4-6,10H,2-3,7H2,1H3,(H,15,16). The third-order valence-electron chi connectivity index (χ3n) is 2.68. The topological polar surface area (TPSA) is 70.5 Å². The van der Waals surface area contributed by atoms with Crippen LogP contribution in [0, 0.1) is 6.92 Å². The van der Waals surface area contributed by atoms with E-state index in [4.69, 9.17) is 5.11 Å². The Balaban J connectivity index is 2.18.